The van der Waals surface area contributed by atoms with Crippen LogP contribution in [-0.2, 0) is 0 Å². The minimum atomic E-state index is 0.0663. The third-order valence-corrected chi connectivity index (χ3v) is 3.21. The molecule has 3 nitrogen and oxygen atoms in total. The molecule has 17 heavy (non-hydrogen) atoms. The summed E-state index contributed by atoms with van der Waals surface area (Å²) in [5.41, 5.74) is 1.73. The standard InChI is InChI=1S/C14H19NO2/c1-4-15(11-8-9-11)12-6-5-7-13(17-3)14(12)10(2)16/h5-7,11H,4,8-9H2,1-3H3. The van der Waals surface area contributed by atoms with E-state index in [1.165, 1.54) is 12.8 Å². The van der Waals surface area contributed by atoms with Gasteiger partial charge < -0.3 is 9.64 Å². The Kier molecular flexibility index (Phi) is 3.36. The maximum Gasteiger partial charge on any atom is 0.165 e. The lowest BCUT2D eigenvalue weighted by atomic mass is 10.1. The third kappa shape index (κ3) is 2.28. The number of rotatable bonds is 5. The predicted octanol–water partition coefficient (Wildman–Crippen LogP) is 2.89. The number of hydrogen-bond donors (Lipinski definition) is 0. The molecule has 1 fully saturated rings. The maximum atomic E-state index is 11.8. The lowest BCUT2D eigenvalue weighted by Crippen LogP contribution is -2.26. The summed E-state index contributed by atoms with van der Waals surface area (Å²) in [5, 5.41) is 0. The van der Waals surface area contributed by atoms with Crippen molar-refractivity contribution in [3.63, 3.8) is 0 Å². The van der Waals surface area contributed by atoms with Crippen LogP contribution in [0.15, 0.2) is 18.2 Å². The summed E-state index contributed by atoms with van der Waals surface area (Å²) in [6, 6.07) is 6.42. The summed E-state index contributed by atoms with van der Waals surface area (Å²) in [6.07, 6.45) is 2.45. The number of hydrogen-bond acceptors (Lipinski definition) is 3. The number of Topliss-reactive ketones (excluding diaryl/α,β-unsaturated/α-hetero) is 1. The molecule has 0 aliphatic heterocycles. The highest BCUT2D eigenvalue weighted by atomic mass is 16.5. The van der Waals surface area contributed by atoms with Crippen molar-refractivity contribution in [2.24, 2.45) is 0 Å². The van der Waals surface area contributed by atoms with E-state index in [4.69, 9.17) is 4.74 Å². The van der Waals surface area contributed by atoms with Gasteiger partial charge in [-0.1, -0.05) is 6.07 Å². The largest absolute Gasteiger partial charge is 0.496 e. The number of nitrogens with zero attached hydrogens (tertiary/aromatic N) is 1. The molecule has 0 bridgehead atoms. The molecule has 1 saturated carbocycles. The number of carbonyl (C=O) groups is 1. The molecule has 1 aliphatic rings. The van der Waals surface area contributed by atoms with Gasteiger partial charge in [-0.3, -0.25) is 4.79 Å². The monoisotopic (exact) mass is 233 g/mol. The smallest absolute Gasteiger partial charge is 0.165 e. The summed E-state index contributed by atoms with van der Waals surface area (Å²) >= 11 is 0. The van der Waals surface area contributed by atoms with Gasteiger partial charge in [-0.05, 0) is 38.8 Å². The number of benzene rings is 1. The van der Waals surface area contributed by atoms with Gasteiger partial charge in [0.2, 0.25) is 0 Å². The molecule has 0 atom stereocenters. The predicted molar refractivity (Wildman–Crippen MR) is 69.0 cm³/mol. The maximum absolute atomic E-state index is 11.8. The van der Waals surface area contributed by atoms with Gasteiger partial charge >= 0.3 is 0 Å². The molecule has 0 spiro atoms. The molecule has 1 aromatic rings. The molecule has 0 saturated heterocycles. The van der Waals surface area contributed by atoms with Gasteiger partial charge in [-0.25, -0.2) is 0 Å². The van der Waals surface area contributed by atoms with Crippen molar-refractivity contribution < 1.29 is 9.53 Å². The fourth-order valence-electron chi connectivity index (χ4n) is 2.29. The van der Waals surface area contributed by atoms with Crippen molar-refractivity contribution in [1.82, 2.24) is 0 Å². The zero-order valence-corrected chi connectivity index (χ0v) is 10.7. The Morgan fingerprint density at radius 2 is 2.18 bits per heavy atom. The van der Waals surface area contributed by atoms with E-state index in [2.05, 4.69) is 11.8 Å². The first-order valence-corrected chi connectivity index (χ1v) is 6.13. The SMILES string of the molecule is CCN(c1cccc(OC)c1C(C)=O)C1CC1. The van der Waals surface area contributed by atoms with E-state index < -0.39 is 0 Å². The van der Waals surface area contributed by atoms with Gasteiger partial charge in [0.05, 0.1) is 18.4 Å². The molecule has 1 aromatic carbocycles. The second-order valence-corrected chi connectivity index (χ2v) is 4.43. The molecular formula is C14H19NO2. The van der Waals surface area contributed by atoms with E-state index in [-0.39, 0.29) is 5.78 Å². The van der Waals surface area contributed by atoms with Crippen molar-refractivity contribution in [3.05, 3.63) is 23.8 Å². The van der Waals surface area contributed by atoms with Gasteiger partial charge in [0.25, 0.3) is 0 Å². The highest BCUT2D eigenvalue weighted by Crippen LogP contribution is 2.36. The Labute approximate surface area is 102 Å². The Bertz CT molecular complexity index is 424. The van der Waals surface area contributed by atoms with Gasteiger partial charge in [0.1, 0.15) is 5.75 Å². The zero-order chi connectivity index (χ0) is 12.4. The van der Waals surface area contributed by atoms with Crippen molar-refractivity contribution >= 4 is 11.5 Å². The van der Waals surface area contributed by atoms with Crippen LogP contribution in [0.5, 0.6) is 5.75 Å². The quantitative estimate of drug-likeness (QED) is 0.732. The summed E-state index contributed by atoms with van der Waals surface area (Å²) in [7, 11) is 1.61. The van der Waals surface area contributed by atoms with E-state index in [1.54, 1.807) is 14.0 Å². The lowest BCUT2D eigenvalue weighted by molar-refractivity contribution is 0.101. The lowest BCUT2D eigenvalue weighted by Gasteiger charge is -2.25. The van der Waals surface area contributed by atoms with Crippen LogP contribution >= 0.6 is 0 Å². The van der Waals surface area contributed by atoms with E-state index in [9.17, 15) is 4.79 Å². The molecule has 1 aliphatic carbocycles. The molecule has 0 amide bonds. The van der Waals surface area contributed by atoms with Crippen LogP contribution < -0.4 is 9.64 Å². The van der Waals surface area contributed by atoms with E-state index in [0.717, 1.165) is 12.2 Å². The van der Waals surface area contributed by atoms with Gasteiger partial charge in [0, 0.05) is 12.6 Å². The molecular weight excluding hydrogens is 214 g/mol. The van der Waals surface area contributed by atoms with E-state index in [1.807, 2.05) is 18.2 Å². The van der Waals surface area contributed by atoms with Crippen LogP contribution in [0, 0.1) is 0 Å². The molecule has 2 rings (SSSR count). The Morgan fingerprint density at radius 1 is 1.47 bits per heavy atom. The van der Waals surface area contributed by atoms with Crippen molar-refractivity contribution in [1.29, 1.82) is 0 Å². The third-order valence-electron chi connectivity index (χ3n) is 3.21. The average molecular weight is 233 g/mol. The molecule has 0 unspecified atom stereocenters. The second-order valence-electron chi connectivity index (χ2n) is 4.43. The Balaban J connectivity index is 2.47. The van der Waals surface area contributed by atoms with E-state index >= 15 is 0 Å². The summed E-state index contributed by atoms with van der Waals surface area (Å²) in [4.78, 5) is 14.1. The van der Waals surface area contributed by atoms with E-state index in [0.29, 0.717) is 17.4 Å². The molecule has 92 valence electrons. The van der Waals surface area contributed by atoms with Gasteiger partial charge in [-0.2, -0.15) is 0 Å². The number of ether oxygens (including phenoxy) is 1. The minimum Gasteiger partial charge on any atom is -0.496 e. The average Bonchev–Trinajstić information content (AvgIpc) is 3.13. The number of methoxy groups -OCH3 is 1. The Hall–Kier alpha value is -1.51. The van der Waals surface area contributed by atoms with Crippen LogP contribution in [0.4, 0.5) is 5.69 Å². The first-order valence-electron chi connectivity index (χ1n) is 6.13. The fourth-order valence-corrected chi connectivity index (χ4v) is 2.29. The summed E-state index contributed by atoms with van der Waals surface area (Å²) in [6.45, 7) is 4.65. The highest BCUT2D eigenvalue weighted by Gasteiger charge is 2.30. The van der Waals surface area contributed by atoms with Crippen LogP contribution in [0.3, 0.4) is 0 Å². The fraction of sp³-hybridized carbons (Fsp3) is 0.500. The number of carbonyl (C=O) groups excluding carboxylic acids is 1. The molecule has 0 radical (unpaired) electrons. The molecule has 3 heteroatoms. The highest BCUT2D eigenvalue weighted by molar-refractivity contribution is 6.02. The number of ketones is 1. The normalized spacial score (nSPS) is 14.5. The summed E-state index contributed by atoms with van der Waals surface area (Å²) in [5.74, 6) is 0.741. The van der Waals surface area contributed by atoms with Crippen LogP contribution in [-0.4, -0.2) is 25.5 Å². The summed E-state index contributed by atoms with van der Waals surface area (Å²) < 4.78 is 5.29. The van der Waals surface area contributed by atoms with Crippen LogP contribution in [0.1, 0.15) is 37.0 Å². The zero-order valence-electron chi connectivity index (χ0n) is 10.7. The van der Waals surface area contributed by atoms with Crippen molar-refractivity contribution in [2.75, 3.05) is 18.6 Å². The van der Waals surface area contributed by atoms with Crippen LogP contribution in [0.25, 0.3) is 0 Å². The first-order chi connectivity index (χ1) is 8.19. The van der Waals surface area contributed by atoms with Crippen LogP contribution in [0.2, 0.25) is 0 Å². The Morgan fingerprint density at radius 3 is 2.65 bits per heavy atom. The second kappa shape index (κ2) is 4.78. The van der Waals surface area contributed by atoms with Crippen molar-refractivity contribution in [3.8, 4) is 5.75 Å². The number of anilines is 1. The molecule has 0 heterocycles. The molecule has 0 N–H and O–H groups in total. The first kappa shape index (κ1) is 12.0. The van der Waals surface area contributed by atoms with Gasteiger partial charge in [0.15, 0.2) is 5.78 Å². The molecule has 0 aromatic heterocycles. The topological polar surface area (TPSA) is 29.5 Å². The van der Waals surface area contributed by atoms with Gasteiger partial charge in [-0.15, -0.1) is 0 Å². The minimum absolute atomic E-state index is 0.0663. The van der Waals surface area contributed by atoms with Crippen molar-refractivity contribution in [2.45, 2.75) is 32.7 Å².